The van der Waals surface area contributed by atoms with Gasteiger partial charge in [-0.05, 0) is 55.8 Å². The van der Waals surface area contributed by atoms with E-state index in [1.165, 1.54) is 5.56 Å². The lowest BCUT2D eigenvalue weighted by molar-refractivity contribution is -0.125. The van der Waals surface area contributed by atoms with E-state index in [0.29, 0.717) is 26.3 Å². The highest BCUT2D eigenvalue weighted by Crippen LogP contribution is 2.31. The van der Waals surface area contributed by atoms with Crippen molar-refractivity contribution in [1.29, 1.82) is 0 Å². The highest BCUT2D eigenvalue weighted by molar-refractivity contribution is 5.81. The number of fused-ring (bicyclic) bond motifs is 1. The minimum atomic E-state index is -0.232. The summed E-state index contributed by atoms with van der Waals surface area (Å²) in [5.41, 5.74) is 2.25. The minimum absolute atomic E-state index is 0.0218. The number of nitrogens with one attached hydrogen (secondary N) is 1. The first-order valence-electron chi connectivity index (χ1n) is 9.56. The molecule has 1 amide bonds. The Labute approximate surface area is 166 Å². The van der Waals surface area contributed by atoms with Gasteiger partial charge in [-0.15, -0.1) is 0 Å². The second kappa shape index (κ2) is 9.46. The lowest BCUT2D eigenvalue weighted by Crippen LogP contribution is -2.43. The number of nitrogens with zero attached hydrogens (tertiary/aromatic N) is 1. The molecular formula is C22H28N2O4. The normalized spacial score (nSPS) is 13.9. The van der Waals surface area contributed by atoms with Crippen LogP contribution in [0.2, 0.25) is 0 Å². The molecule has 2 aromatic carbocycles. The lowest BCUT2D eigenvalue weighted by atomic mass is 10.1. The third kappa shape index (κ3) is 5.16. The fraction of sp³-hybridized carbons (Fsp3) is 0.409. The number of methoxy groups -OCH3 is 1. The van der Waals surface area contributed by atoms with Crippen LogP contribution in [-0.4, -0.2) is 50.8 Å². The molecule has 1 unspecified atom stereocenters. The van der Waals surface area contributed by atoms with E-state index in [4.69, 9.17) is 14.2 Å². The van der Waals surface area contributed by atoms with Gasteiger partial charge in [-0.3, -0.25) is 9.69 Å². The predicted octanol–water partition coefficient (Wildman–Crippen LogP) is 2.65. The number of rotatable bonds is 8. The van der Waals surface area contributed by atoms with Crippen LogP contribution >= 0.6 is 0 Å². The van der Waals surface area contributed by atoms with Crippen molar-refractivity contribution in [3.63, 3.8) is 0 Å². The minimum Gasteiger partial charge on any atom is -0.497 e. The Kier molecular flexibility index (Phi) is 6.76. The van der Waals surface area contributed by atoms with Gasteiger partial charge in [0.1, 0.15) is 19.0 Å². The van der Waals surface area contributed by atoms with E-state index in [-0.39, 0.29) is 11.9 Å². The van der Waals surface area contributed by atoms with Crippen LogP contribution in [0, 0.1) is 0 Å². The van der Waals surface area contributed by atoms with Crippen molar-refractivity contribution in [1.82, 2.24) is 10.2 Å². The van der Waals surface area contributed by atoms with Gasteiger partial charge in [0.25, 0.3) is 0 Å². The van der Waals surface area contributed by atoms with Crippen molar-refractivity contribution in [2.75, 3.05) is 33.9 Å². The van der Waals surface area contributed by atoms with Gasteiger partial charge in [-0.1, -0.05) is 18.2 Å². The quantitative estimate of drug-likeness (QED) is 0.758. The van der Waals surface area contributed by atoms with Crippen LogP contribution in [0.1, 0.15) is 18.1 Å². The molecular weight excluding hydrogens is 356 g/mol. The summed E-state index contributed by atoms with van der Waals surface area (Å²) in [7, 11) is 3.60. The molecule has 6 heteroatoms. The second-order valence-electron chi connectivity index (χ2n) is 6.96. The van der Waals surface area contributed by atoms with Crippen LogP contribution in [0.5, 0.6) is 17.2 Å². The van der Waals surface area contributed by atoms with Crippen LogP contribution in [0.4, 0.5) is 0 Å². The fourth-order valence-electron chi connectivity index (χ4n) is 3.08. The van der Waals surface area contributed by atoms with E-state index < -0.39 is 0 Å². The molecule has 0 saturated carbocycles. The monoisotopic (exact) mass is 384 g/mol. The van der Waals surface area contributed by atoms with Crippen LogP contribution in [0.3, 0.4) is 0 Å². The Hall–Kier alpha value is -2.73. The Bertz CT molecular complexity index is 792. The van der Waals surface area contributed by atoms with E-state index in [1.807, 2.05) is 61.3 Å². The first-order chi connectivity index (χ1) is 13.6. The van der Waals surface area contributed by atoms with Gasteiger partial charge < -0.3 is 19.5 Å². The van der Waals surface area contributed by atoms with Gasteiger partial charge in [-0.2, -0.15) is 0 Å². The number of benzene rings is 2. The molecule has 1 heterocycles. The molecule has 1 aliphatic heterocycles. The maximum absolute atomic E-state index is 12.5. The molecule has 0 bridgehead atoms. The molecule has 1 aliphatic rings. The first kappa shape index (κ1) is 20.0. The molecule has 1 atom stereocenters. The molecule has 0 spiro atoms. The number of hydrogen-bond donors (Lipinski definition) is 1. The summed E-state index contributed by atoms with van der Waals surface area (Å²) in [5, 5.41) is 3.02. The summed E-state index contributed by atoms with van der Waals surface area (Å²) >= 11 is 0. The molecule has 150 valence electrons. The van der Waals surface area contributed by atoms with E-state index in [9.17, 15) is 4.79 Å². The van der Waals surface area contributed by atoms with Crippen LogP contribution < -0.4 is 19.5 Å². The van der Waals surface area contributed by atoms with Gasteiger partial charge in [0.2, 0.25) is 5.91 Å². The van der Waals surface area contributed by atoms with Gasteiger partial charge in [0.15, 0.2) is 11.5 Å². The zero-order valence-corrected chi connectivity index (χ0v) is 16.7. The molecule has 6 nitrogen and oxygen atoms in total. The third-order valence-electron chi connectivity index (χ3n) is 4.95. The van der Waals surface area contributed by atoms with Crippen molar-refractivity contribution in [2.45, 2.75) is 25.9 Å². The smallest absolute Gasteiger partial charge is 0.237 e. The number of ether oxygens (including phenoxy) is 3. The zero-order chi connectivity index (χ0) is 19.9. The SMILES string of the molecule is COc1ccc(CCNC(=O)C(C)N(C)Cc2ccc3c(c2)OCCO3)cc1. The highest BCUT2D eigenvalue weighted by Gasteiger charge is 2.19. The molecule has 1 N–H and O–H groups in total. The lowest BCUT2D eigenvalue weighted by Gasteiger charge is -2.25. The van der Waals surface area contributed by atoms with Crippen molar-refractivity contribution >= 4 is 5.91 Å². The highest BCUT2D eigenvalue weighted by atomic mass is 16.6. The molecule has 0 aliphatic carbocycles. The summed E-state index contributed by atoms with van der Waals surface area (Å²) in [4.78, 5) is 14.5. The molecule has 3 rings (SSSR count). The Balaban J connectivity index is 1.46. The van der Waals surface area contributed by atoms with E-state index in [0.717, 1.165) is 29.2 Å². The number of carbonyl (C=O) groups is 1. The van der Waals surface area contributed by atoms with Crippen LogP contribution in [0.25, 0.3) is 0 Å². The maximum atomic E-state index is 12.5. The van der Waals surface area contributed by atoms with Gasteiger partial charge >= 0.3 is 0 Å². The molecule has 28 heavy (non-hydrogen) atoms. The van der Waals surface area contributed by atoms with Crippen molar-refractivity contribution in [3.05, 3.63) is 53.6 Å². The third-order valence-corrected chi connectivity index (χ3v) is 4.95. The Morgan fingerprint density at radius 2 is 1.79 bits per heavy atom. The number of amides is 1. The van der Waals surface area contributed by atoms with Crippen LogP contribution in [0.15, 0.2) is 42.5 Å². The summed E-state index contributed by atoms with van der Waals surface area (Å²) in [6.07, 6.45) is 0.786. The van der Waals surface area contributed by atoms with Gasteiger partial charge in [0.05, 0.1) is 13.2 Å². The van der Waals surface area contributed by atoms with Gasteiger partial charge in [0, 0.05) is 13.1 Å². The second-order valence-corrected chi connectivity index (χ2v) is 6.96. The predicted molar refractivity (Wildman–Crippen MR) is 108 cm³/mol. The summed E-state index contributed by atoms with van der Waals surface area (Å²) in [6.45, 7) is 4.33. The Morgan fingerprint density at radius 3 is 2.50 bits per heavy atom. The fourth-order valence-corrected chi connectivity index (χ4v) is 3.08. The van der Waals surface area contributed by atoms with Crippen molar-refractivity contribution in [2.24, 2.45) is 0 Å². The summed E-state index contributed by atoms with van der Waals surface area (Å²) < 4.78 is 16.3. The number of carbonyl (C=O) groups excluding carboxylic acids is 1. The number of hydrogen-bond acceptors (Lipinski definition) is 5. The average Bonchev–Trinajstić information content (AvgIpc) is 2.73. The van der Waals surface area contributed by atoms with E-state index >= 15 is 0 Å². The molecule has 0 aromatic heterocycles. The maximum Gasteiger partial charge on any atom is 0.237 e. The zero-order valence-electron chi connectivity index (χ0n) is 16.7. The topological polar surface area (TPSA) is 60.0 Å². The van der Waals surface area contributed by atoms with Gasteiger partial charge in [-0.25, -0.2) is 0 Å². The summed E-state index contributed by atoms with van der Waals surface area (Å²) in [5.74, 6) is 2.41. The van der Waals surface area contributed by atoms with Crippen molar-refractivity contribution in [3.8, 4) is 17.2 Å². The Morgan fingerprint density at radius 1 is 1.11 bits per heavy atom. The van der Waals surface area contributed by atoms with Crippen molar-refractivity contribution < 1.29 is 19.0 Å². The molecule has 0 saturated heterocycles. The van der Waals surface area contributed by atoms with Crippen LogP contribution in [-0.2, 0) is 17.8 Å². The van der Waals surface area contributed by atoms with E-state index in [2.05, 4.69) is 5.32 Å². The standard InChI is InChI=1S/C22H28N2O4/c1-16(22(25)23-11-10-17-4-7-19(26-3)8-5-17)24(2)15-18-6-9-20-21(14-18)28-13-12-27-20/h4-9,14,16H,10-13,15H2,1-3H3,(H,23,25). The van der Waals surface area contributed by atoms with E-state index in [1.54, 1.807) is 7.11 Å². The largest absolute Gasteiger partial charge is 0.497 e. The molecule has 2 aromatic rings. The summed E-state index contributed by atoms with van der Waals surface area (Å²) in [6, 6.07) is 13.6. The molecule has 0 radical (unpaired) electrons. The molecule has 0 fully saturated rings. The first-order valence-corrected chi connectivity index (χ1v) is 9.56. The number of likely N-dealkylation sites (N-methyl/N-ethyl adjacent to an activating group) is 1. The average molecular weight is 384 g/mol.